The predicted octanol–water partition coefficient (Wildman–Crippen LogP) is 1.86. The van der Waals surface area contributed by atoms with Crippen LogP contribution in [0.5, 0.6) is 0 Å². The van der Waals surface area contributed by atoms with Crippen LogP contribution < -0.4 is 10.9 Å². The van der Waals surface area contributed by atoms with Crippen molar-refractivity contribution in [3.8, 4) is 11.1 Å². The maximum atomic E-state index is 5.55. The van der Waals surface area contributed by atoms with Gasteiger partial charge in [-0.15, -0.1) is 0 Å². The second-order valence-electron chi connectivity index (χ2n) is 5.59. The van der Waals surface area contributed by atoms with Crippen LogP contribution in [0.2, 0.25) is 0 Å². The van der Waals surface area contributed by atoms with Crippen LogP contribution in [-0.2, 0) is 18.6 Å². The fraction of sp³-hybridized carbons (Fsp3) is 0.111. The third-order valence-electron chi connectivity index (χ3n) is 3.98. The SMILES string of the molecule is C1=COB(c2ccc(-c3ccc(B4OC=CCO4)cc3)cc2)OC1. The van der Waals surface area contributed by atoms with Crippen molar-refractivity contribution < 1.29 is 18.6 Å². The van der Waals surface area contributed by atoms with Crippen molar-refractivity contribution in [3.63, 3.8) is 0 Å². The van der Waals surface area contributed by atoms with Gasteiger partial charge in [0.05, 0.1) is 25.7 Å². The van der Waals surface area contributed by atoms with Gasteiger partial charge in [-0.2, -0.15) is 0 Å². The maximum Gasteiger partial charge on any atom is 0.562 e. The summed E-state index contributed by atoms with van der Waals surface area (Å²) in [6.07, 6.45) is 7.07. The average molecular weight is 318 g/mol. The smallest absolute Gasteiger partial charge is 0.538 e. The first-order chi connectivity index (χ1) is 11.9. The van der Waals surface area contributed by atoms with E-state index in [4.69, 9.17) is 18.6 Å². The highest BCUT2D eigenvalue weighted by atomic mass is 16.6. The van der Waals surface area contributed by atoms with Crippen LogP contribution in [0.3, 0.4) is 0 Å². The molecule has 0 aliphatic carbocycles. The second kappa shape index (κ2) is 6.99. The molecule has 0 N–H and O–H groups in total. The van der Waals surface area contributed by atoms with E-state index in [1.807, 2.05) is 36.4 Å². The van der Waals surface area contributed by atoms with Gasteiger partial charge in [0, 0.05) is 0 Å². The molecule has 0 spiro atoms. The number of benzene rings is 2. The summed E-state index contributed by atoms with van der Waals surface area (Å²) in [5.41, 5.74) is 4.30. The highest BCUT2D eigenvalue weighted by Crippen LogP contribution is 2.18. The summed E-state index contributed by atoms with van der Waals surface area (Å²) in [7, 11) is -0.639. The highest BCUT2D eigenvalue weighted by molar-refractivity contribution is 6.62. The Morgan fingerprint density at radius 1 is 0.583 bits per heavy atom. The summed E-state index contributed by atoms with van der Waals surface area (Å²) in [5.74, 6) is 0. The van der Waals surface area contributed by atoms with Crippen LogP contribution in [0.25, 0.3) is 11.1 Å². The van der Waals surface area contributed by atoms with Crippen LogP contribution >= 0.6 is 0 Å². The third kappa shape index (κ3) is 3.25. The minimum Gasteiger partial charge on any atom is -0.538 e. The summed E-state index contributed by atoms with van der Waals surface area (Å²) in [5, 5.41) is 0. The first-order valence-corrected chi connectivity index (χ1v) is 7.94. The molecule has 118 valence electrons. The zero-order valence-corrected chi connectivity index (χ0v) is 13.1. The molecule has 0 saturated heterocycles. The standard InChI is InChI=1S/C18H16B2O4/c1-11-21-19(22-12-1)17-7-3-15(4-8-17)16-5-9-18(10-6-16)20-23-13-2-14-24-20/h1-11,13H,12,14H2. The molecule has 4 nitrogen and oxygen atoms in total. The second-order valence-corrected chi connectivity index (χ2v) is 5.59. The van der Waals surface area contributed by atoms with Crippen molar-refractivity contribution in [2.45, 2.75) is 0 Å². The molecule has 24 heavy (non-hydrogen) atoms. The van der Waals surface area contributed by atoms with Gasteiger partial charge in [0.15, 0.2) is 0 Å². The van der Waals surface area contributed by atoms with Crippen molar-refractivity contribution in [1.29, 1.82) is 0 Å². The van der Waals surface area contributed by atoms with E-state index in [1.165, 1.54) is 0 Å². The van der Waals surface area contributed by atoms with Crippen molar-refractivity contribution in [1.82, 2.24) is 0 Å². The molecule has 0 aromatic heterocycles. The summed E-state index contributed by atoms with van der Waals surface area (Å²) in [6, 6.07) is 16.4. The lowest BCUT2D eigenvalue weighted by Crippen LogP contribution is -2.37. The van der Waals surface area contributed by atoms with E-state index in [1.54, 1.807) is 12.5 Å². The molecule has 4 rings (SSSR count). The Bertz CT molecular complexity index is 675. The topological polar surface area (TPSA) is 36.9 Å². The quantitative estimate of drug-likeness (QED) is 0.810. The molecule has 2 aromatic rings. The van der Waals surface area contributed by atoms with E-state index >= 15 is 0 Å². The van der Waals surface area contributed by atoms with Crippen molar-refractivity contribution in [2.75, 3.05) is 13.2 Å². The van der Waals surface area contributed by atoms with Crippen LogP contribution in [-0.4, -0.2) is 27.5 Å². The van der Waals surface area contributed by atoms with Crippen LogP contribution in [0.1, 0.15) is 0 Å². The van der Waals surface area contributed by atoms with Crippen molar-refractivity contribution >= 4 is 25.2 Å². The molecule has 2 aromatic carbocycles. The highest BCUT2D eigenvalue weighted by Gasteiger charge is 2.24. The zero-order chi connectivity index (χ0) is 16.2. The Morgan fingerprint density at radius 3 is 1.33 bits per heavy atom. The summed E-state index contributed by atoms with van der Waals surface area (Å²) in [4.78, 5) is 0. The first kappa shape index (κ1) is 15.1. The number of hydrogen-bond acceptors (Lipinski definition) is 4. The lowest BCUT2D eigenvalue weighted by Gasteiger charge is -2.17. The van der Waals surface area contributed by atoms with Gasteiger partial charge in [0.1, 0.15) is 0 Å². The van der Waals surface area contributed by atoms with Crippen LogP contribution in [0, 0.1) is 0 Å². The Labute approximate surface area is 142 Å². The molecule has 2 heterocycles. The summed E-state index contributed by atoms with van der Waals surface area (Å²) < 4.78 is 22.0. The minimum atomic E-state index is -0.319. The van der Waals surface area contributed by atoms with E-state index in [0.29, 0.717) is 13.2 Å². The van der Waals surface area contributed by atoms with Gasteiger partial charge in [-0.25, -0.2) is 0 Å². The van der Waals surface area contributed by atoms with E-state index in [-0.39, 0.29) is 14.2 Å². The van der Waals surface area contributed by atoms with E-state index in [2.05, 4.69) is 24.3 Å². The lowest BCUT2D eigenvalue weighted by molar-refractivity contribution is 0.264. The Kier molecular flexibility index (Phi) is 4.40. The molecular weight excluding hydrogens is 302 g/mol. The Balaban J connectivity index is 1.49. The molecule has 2 aliphatic heterocycles. The van der Waals surface area contributed by atoms with Crippen LogP contribution in [0.4, 0.5) is 0 Å². The lowest BCUT2D eigenvalue weighted by atomic mass is 9.77. The molecule has 0 amide bonds. The van der Waals surface area contributed by atoms with Gasteiger partial charge in [-0.1, -0.05) is 48.5 Å². The Morgan fingerprint density at radius 2 is 1.00 bits per heavy atom. The average Bonchev–Trinajstić information content (AvgIpc) is 2.70. The molecule has 0 radical (unpaired) electrons. The predicted molar refractivity (Wildman–Crippen MR) is 95.0 cm³/mol. The zero-order valence-electron chi connectivity index (χ0n) is 13.1. The fourth-order valence-corrected chi connectivity index (χ4v) is 2.71. The van der Waals surface area contributed by atoms with Crippen LogP contribution in [0.15, 0.2) is 73.2 Å². The van der Waals surface area contributed by atoms with Gasteiger partial charge in [-0.05, 0) is 34.2 Å². The molecule has 0 unspecified atom stereocenters. The Hall–Kier alpha value is -2.43. The molecule has 0 atom stereocenters. The van der Waals surface area contributed by atoms with Crippen molar-refractivity contribution in [2.24, 2.45) is 0 Å². The van der Waals surface area contributed by atoms with Gasteiger partial charge in [-0.3, -0.25) is 0 Å². The normalized spacial score (nSPS) is 16.7. The molecule has 0 fully saturated rings. The maximum absolute atomic E-state index is 5.55. The fourth-order valence-electron chi connectivity index (χ4n) is 2.71. The number of hydrogen-bond donors (Lipinski definition) is 0. The molecule has 6 heteroatoms. The van der Waals surface area contributed by atoms with E-state index < -0.39 is 0 Å². The minimum absolute atomic E-state index is 0.319. The van der Waals surface area contributed by atoms with E-state index in [0.717, 1.165) is 22.1 Å². The monoisotopic (exact) mass is 318 g/mol. The first-order valence-electron chi connectivity index (χ1n) is 7.94. The summed E-state index contributed by atoms with van der Waals surface area (Å²) >= 11 is 0. The van der Waals surface area contributed by atoms with Gasteiger partial charge in [0.25, 0.3) is 0 Å². The van der Waals surface area contributed by atoms with E-state index in [9.17, 15) is 0 Å². The van der Waals surface area contributed by atoms with Gasteiger partial charge >= 0.3 is 14.2 Å². The van der Waals surface area contributed by atoms with Gasteiger partial charge < -0.3 is 18.6 Å². The van der Waals surface area contributed by atoms with Crippen molar-refractivity contribution in [3.05, 3.63) is 73.2 Å². The summed E-state index contributed by atoms with van der Waals surface area (Å²) in [6.45, 7) is 1.16. The third-order valence-corrected chi connectivity index (χ3v) is 3.98. The molecular formula is C18H16B2O4. The van der Waals surface area contributed by atoms with Gasteiger partial charge in [0.2, 0.25) is 0 Å². The molecule has 0 bridgehead atoms. The largest absolute Gasteiger partial charge is 0.562 e. The molecule has 0 saturated carbocycles. The molecule has 2 aliphatic rings. The number of rotatable bonds is 3.